The topological polar surface area (TPSA) is 79.5 Å². The third-order valence-corrected chi connectivity index (χ3v) is 7.46. The molecule has 3 aromatic carbocycles. The van der Waals surface area contributed by atoms with E-state index in [9.17, 15) is 4.79 Å². The van der Waals surface area contributed by atoms with Crippen LogP contribution in [0.2, 0.25) is 0 Å². The van der Waals surface area contributed by atoms with Crippen molar-refractivity contribution in [3.8, 4) is 34.0 Å². The monoisotopic (exact) mass is 465 g/mol. The van der Waals surface area contributed by atoms with E-state index >= 15 is 0 Å². The molecular weight excluding hydrogens is 438 g/mol. The Morgan fingerprint density at radius 3 is 2.34 bits per heavy atom. The number of carboxylic acid groups (broad SMARTS) is 1. The summed E-state index contributed by atoms with van der Waals surface area (Å²) in [4.78, 5) is 18.2. The molecule has 2 heterocycles. The van der Waals surface area contributed by atoms with Crippen molar-refractivity contribution in [2.75, 3.05) is 0 Å². The zero-order valence-corrected chi connectivity index (χ0v) is 19.9. The van der Waals surface area contributed by atoms with Crippen molar-refractivity contribution in [1.82, 2.24) is 15.0 Å². The smallest absolute Gasteiger partial charge is 0.306 e. The van der Waals surface area contributed by atoms with Crippen LogP contribution in [0.25, 0.3) is 34.0 Å². The van der Waals surface area contributed by atoms with E-state index in [2.05, 4.69) is 72.4 Å². The Kier molecular flexibility index (Phi) is 5.26. The van der Waals surface area contributed by atoms with E-state index in [-0.39, 0.29) is 5.92 Å². The molecule has 1 N–H and O–H groups in total. The maximum atomic E-state index is 11.1. The number of carbonyl (C=O) groups is 1. The van der Waals surface area contributed by atoms with Gasteiger partial charge < -0.3 is 9.63 Å². The van der Waals surface area contributed by atoms with Crippen LogP contribution in [0.1, 0.15) is 35.1 Å². The minimum atomic E-state index is -0.673. The van der Waals surface area contributed by atoms with E-state index in [0.29, 0.717) is 17.8 Å². The first-order valence-electron chi connectivity index (χ1n) is 12.1. The number of fused-ring (bicyclic) bond motifs is 1. The third-order valence-electron chi connectivity index (χ3n) is 7.46. The zero-order chi connectivity index (χ0) is 24.1. The number of aryl methyl sites for hydroxylation is 2. The van der Waals surface area contributed by atoms with Crippen molar-refractivity contribution >= 4 is 5.97 Å². The molecule has 1 aromatic heterocycles. The maximum Gasteiger partial charge on any atom is 0.306 e. The zero-order valence-electron chi connectivity index (χ0n) is 19.9. The number of aliphatic carboxylic acids is 1. The summed E-state index contributed by atoms with van der Waals surface area (Å²) in [6, 6.07) is 21.3. The Balaban J connectivity index is 1.22. The Bertz CT molecular complexity index is 1400. The molecule has 35 heavy (non-hydrogen) atoms. The average molecular weight is 466 g/mol. The van der Waals surface area contributed by atoms with Gasteiger partial charge in [0.05, 0.1) is 5.92 Å². The summed E-state index contributed by atoms with van der Waals surface area (Å²) in [5.74, 6) is 0.236. The van der Waals surface area contributed by atoms with E-state index in [1.54, 1.807) is 0 Å². The first kappa shape index (κ1) is 21.7. The van der Waals surface area contributed by atoms with Crippen LogP contribution in [-0.2, 0) is 17.9 Å². The maximum absolute atomic E-state index is 11.1. The molecule has 0 unspecified atom stereocenters. The lowest BCUT2D eigenvalue weighted by molar-refractivity contribution is -0.147. The summed E-state index contributed by atoms with van der Waals surface area (Å²) in [6.07, 6.45) is 1.48. The highest BCUT2D eigenvalue weighted by molar-refractivity contribution is 5.75. The first-order valence-corrected chi connectivity index (χ1v) is 12.1. The summed E-state index contributed by atoms with van der Waals surface area (Å²) in [7, 11) is 0. The summed E-state index contributed by atoms with van der Waals surface area (Å²) in [5, 5.41) is 13.4. The van der Waals surface area contributed by atoms with Crippen molar-refractivity contribution in [3.63, 3.8) is 0 Å². The lowest BCUT2D eigenvalue weighted by Gasteiger charge is -2.39. The molecule has 6 rings (SSSR count). The van der Waals surface area contributed by atoms with Gasteiger partial charge in [-0.1, -0.05) is 47.6 Å². The number of rotatable bonds is 5. The van der Waals surface area contributed by atoms with Crippen LogP contribution in [0.15, 0.2) is 65.2 Å². The molecule has 1 aliphatic heterocycles. The van der Waals surface area contributed by atoms with Crippen LogP contribution in [0.4, 0.5) is 0 Å². The number of hydrogen-bond acceptors (Lipinski definition) is 5. The summed E-state index contributed by atoms with van der Waals surface area (Å²) >= 11 is 0. The molecular formula is C29H27N3O3. The second-order valence-electron chi connectivity index (χ2n) is 9.82. The molecule has 0 spiro atoms. The molecule has 0 radical (unpaired) electrons. The Hall–Kier alpha value is -3.77. The van der Waals surface area contributed by atoms with Gasteiger partial charge in [0.2, 0.25) is 5.82 Å². The fourth-order valence-corrected chi connectivity index (χ4v) is 5.51. The largest absolute Gasteiger partial charge is 0.481 e. The van der Waals surface area contributed by atoms with Gasteiger partial charge in [0.15, 0.2) is 0 Å². The van der Waals surface area contributed by atoms with Gasteiger partial charge in [-0.15, -0.1) is 0 Å². The quantitative estimate of drug-likeness (QED) is 0.397. The van der Waals surface area contributed by atoms with Crippen LogP contribution >= 0.6 is 0 Å². The van der Waals surface area contributed by atoms with E-state index in [1.165, 1.54) is 33.4 Å². The van der Waals surface area contributed by atoms with Crippen molar-refractivity contribution in [2.24, 2.45) is 5.92 Å². The minimum Gasteiger partial charge on any atom is -0.481 e. The van der Waals surface area contributed by atoms with Gasteiger partial charge in [-0.25, -0.2) is 0 Å². The van der Waals surface area contributed by atoms with E-state index in [4.69, 9.17) is 14.6 Å². The van der Waals surface area contributed by atoms with Crippen molar-refractivity contribution in [1.29, 1.82) is 0 Å². The fraction of sp³-hybridized carbons (Fsp3) is 0.276. The molecule has 0 atom stereocenters. The number of carboxylic acids is 1. The first-order chi connectivity index (χ1) is 17.0. The highest BCUT2D eigenvalue weighted by Gasteiger charge is 2.39. The molecule has 0 bridgehead atoms. The van der Waals surface area contributed by atoms with Crippen molar-refractivity contribution in [2.45, 2.75) is 45.8 Å². The SMILES string of the molecule is Cc1cc(-c2nc(-c3ccc4c(c3)CN(C3CC(C(=O)O)C3)C4)no2)cc(C)c1-c1ccccc1. The van der Waals surface area contributed by atoms with E-state index in [1.807, 2.05) is 12.1 Å². The molecule has 6 nitrogen and oxygen atoms in total. The second kappa shape index (κ2) is 8.47. The molecule has 176 valence electrons. The average Bonchev–Trinajstić information content (AvgIpc) is 3.45. The predicted octanol–water partition coefficient (Wildman–Crippen LogP) is 5.87. The minimum absolute atomic E-state index is 0.189. The van der Waals surface area contributed by atoms with Gasteiger partial charge >= 0.3 is 5.97 Å². The van der Waals surface area contributed by atoms with Crippen LogP contribution < -0.4 is 0 Å². The number of benzene rings is 3. The van der Waals surface area contributed by atoms with Crippen LogP contribution in [0.3, 0.4) is 0 Å². The van der Waals surface area contributed by atoms with Gasteiger partial charge in [0.1, 0.15) is 0 Å². The Labute approximate surface area is 204 Å². The molecule has 6 heteroatoms. The normalized spacial score (nSPS) is 19.4. The van der Waals surface area contributed by atoms with Crippen LogP contribution in [0.5, 0.6) is 0 Å². The second-order valence-corrected chi connectivity index (χ2v) is 9.82. The fourth-order valence-electron chi connectivity index (χ4n) is 5.51. The summed E-state index contributed by atoms with van der Waals surface area (Å²) in [5.41, 5.74) is 9.18. The molecule has 2 aliphatic rings. The van der Waals surface area contributed by atoms with Crippen LogP contribution in [0, 0.1) is 19.8 Å². The highest BCUT2D eigenvalue weighted by atomic mass is 16.5. The number of nitrogens with zero attached hydrogens (tertiary/aromatic N) is 3. The standard InChI is InChI=1S/C29H27N3O3/c1-17-10-22(11-18(2)26(17)19-6-4-3-5-7-19)28-30-27(31-35-28)20-8-9-21-15-32(16-24(21)12-20)25-13-23(14-25)29(33)34/h3-12,23,25H,13-16H2,1-2H3,(H,33,34). The molecule has 1 aliphatic carbocycles. The number of aromatic nitrogens is 2. The summed E-state index contributed by atoms with van der Waals surface area (Å²) in [6.45, 7) is 5.94. The van der Waals surface area contributed by atoms with Gasteiger partial charge in [0, 0.05) is 30.3 Å². The Morgan fingerprint density at radius 2 is 1.63 bits per heavy atom. The van der Waals surface area contributed by atoms with Gasteiger partial charge in [-0.2, -0.15) is 4.98 Å². The predicted molar refractivity (Wildman–Crippen MR) is 133 cm³/mol. The van der Waals surface area contributed by atoms with Crippen LogP contribution in [-0.4, -0.2) is 32.2 Å². The summed E-state index contributed by atoms with van der Waals surface area (Å²) < 4.78 is 5.67. The molecule has 0 amide bonds. The highest BCUT2D eigenvalue weighted by Crippen LogP contribution is 2.38. The lowest BCUT2D eigenvalue weighted by atomic mass is 9.79. The number of hydrogen-bond donors (Lipinski definition) is 1. The third kappa shape index (κ3) is 3.94. The van der Waals surface area contributed by atoms with Gasteiger partial charge in [-0.05, 0) is 78.3 Å². The lowest BCUT2D eigenvalue weighted by Crippen LogP contribution is -2.44. The van der Waals surface area contributed by atoms with Crippen molar-refractivity contribution in [3.05, 3.63) is 82.9 Å². The van der Waals surface area contributed by atoms with E-state index in [0.717, 1.165) is 37.1 Å². The Morgan fingerprint density at radius 1 is 0.914 bits per heavy atom. The van der Waals surface area contributed by atoms with Gasteiger partial charge in [-0.3, -0.25) is 9.69 Å². The van der Waals surface area contributed by atoms with Crippen molar-refractivity contribution < 1.29 is 14.4 Å². The molecule has 1 saturated carbocycles. The molecule has 0 saturated heterocycles. The molecule has 1 fully saturated rings. The molecule has 4 aromatic rings. The van der Waals surface area contributed by atoms with Gasteiger partial charge in [0.25, 0.3) is 5.89 Å². The van der Waals surface area contributed by atoms with E-state index < -0.39 is 5.97 Å².